The maximum absolute atomic E-state index is 12.1. The van der Waals surface area contributed by atoms with Crippen LogP contribution in [0, 0.1) is 3.57 Å². The smallest absolute Gasteiger partial charge is 0.256 e. The molecule has 92 valence electrons. The highest BCUT2D eigenvalue weighted by Crippen LogP contribution is 2.25. The number of hydrogen-bond acceptors (Lipinski definition) is 2. The van der Waals surface area contributed by atoms with E-state index in [1.807, 2.05) is 12.1 Å². The second-order valence-corrected chi connectivity index (χ2v) is 5.70. The van der Waals surface area contributed by atoms with Crippen LogP contribution in [-0.4, -0.2) is 11.0 Å². The number of amides is 1. The minimum atomic E-state index is -0.262. The minimum absolute atomic E-state index is 0.0487. The average molecular weight is 418 g/mol. The molecular formula is C13H9BrINO2. The molecule has 0 aliphatic carbocycles. The van der Waals surface area contributed by atoms with Crippen LogP contribution in [0.2, 0.25) is 0 Å². The topological polar surface area (TPSA) is 49.3 Å². The Bertz CT molecular complexity index is 601. The lowest BCUT2D eigenvalue weighted by atomic mass is 10.2. The summed E-state index contributed by atoms with van der Waals surface area (Å²) in [4.78, 5) is 12.1. The van der Waals surface area contributed by atoms with Gasteiger partial charge in [-0.3, -0.25) is 4.79 Å². The number of halogens is 2. The van der Waals surface area contributed by atoms with E-state index in [1.54, 1.807) is 24.3 Å². The highest BCUT2D eigenvalue weighted by molar-refractivity contribution is 14.1. The Kier molecular flexibility index (Phi) is 4.23. The highest BCUT2D eigenvalue weighted by Gasteiger charge is 2.12. The fraction of sp³-hybridized carbons (Fsp3) is 0. The zero-order chi connectivity index (χ0) is 13.1. The summed E-state index contributed by atoms with van der Waals surface area (Å²) in [5.74, 6) is -0.213. The number of para-hydroxylation sites is 2. The van der Waals surface area contributed by atoms with Crippen molar-refractivity contribution in [3.05, 3.63) is 56.1 Å². The van der Waals surface area contributed by atoms with Crippen molar-refractivity contribution < 1.29 is 9.90 Å². The van der Waals surface area contributed by atoms with E-state index in [1.165, 1.54) is 6.07 Å². The van der Waals surface area contributed by atoms with Crippen molar-refractivity contribution in [3.8, 4) is 5.75 Å². The third-order valence-electron chi connectivity index (χ3n) is 2.33. The van der Waals surface area contributed by atoms with Crippen LogP contribution in [0.25, 0.3) is 0 Å². The molecule has 3 nitrogen and oxygen atoms in total. The van der Waals surface area contributed by atoms with Gasteiger partial charge in [-0.1, -0.05) is 12.1 Å². The van der Waals surface area contributed by atoms with Gasteiger partial charge < -0.3 is 10.4 Å². The summed E-state index contributed by atoms with van der Waals surface area (Å²) in [7, 11) is 0. The summed E-state index contributed by atoms with van der Waals surface area (Å²) < 4.78 is 1.69. The van der Waals surface area contributed by atoms with Crippen molar-refractivity contribution in [2.75, 3.05) is 5.32 Å². The predicted molar refractivity (Wildman–Crippen MR) is 82.9 cm³/mol. The zero-order valence-corrected chi connectivity index (χ0v) is 12.9. The van der Waals surface area contributed by atoms with Gasteiger partial charge in [0.2, 0.25) is 0 Å². The Morgan fingerprint density at radius 2 is 1.94 bits per heavy atom. The Hall–Kier alpha value is -1.08. The first-order valence-corrected chi connectivity index (χ1v) is 6.99. The first-order valence-electron chi connectivity index (χ1n) is 5.12. The van der Waals surface area contributed by atoms with Gasteiger partial charge in [0.25, 0.3) is 5.91 Å². The molecule has 0 saturated carbocycles. The van der Waals surface area contributed by atoms with E-state index in [4.69, 9.17) is 0 Å². The van der Waals surface area contributed by atoms with Crippen LogP contribution in [0.1, 0.15) is 10.4 Å². The molecule has 1 amide bonds. The summed E-state index contributed by atoms with van der Waals surface area (Å²) >= 11 is 5.48. The Labute approximate surface area is 126 Å². The van der Waals surface area contributed by atoms with Gasteiger partial charge in [0.15, 0.2) is 0 Å². The molecule has 0 unspecified atom stereocenters. The predicted octanol–water partition coefficient (Wildman–Crippen LogP) is 4.01. The second-order valence-electron chi connectivity index (χ2n) is 3.60. The zero-order valence-electron chi connectivity index (χ0n) is 9.15. The van der Waals surface area contributed by atoms with E-state index in [9.17, 15) is 9.90 Å². The molecule has 0 spiro atoms. The highest BCUT2D eigenvalue weighted by atomic mass is 127. The van der Waals surface area contributed by atoms with Crippen molar-refractivity contribution in [1.82, 2.24) is 0 Å². The largest absolute Gasteiger partial charge is 0.506 e. The molecule has 0 aromatic heterocycles. The lowest BCUT2D eigenvalue weighted by Gasteiger charge is -2.08. The molecule has 2 rings (SSSR count). The molecular weight excluding hydrogens is 409 g/mol. The van der Waals surface area contributed by atoms with Gasteiger partial charge in [-0.2, -0.15) is 0 Å². The van der Waals surface area contributed by atoms with E-state index in [2.05, 4.69) is 43.8 Å². The van der Waals surface area contributed by atoms with Gasteiger partial charge >= 0.3 is 0 Å². The van der Waals surface area contributed by atoms with Crippen LogP contribution >= 0.6 is 38.5 Å². The fourth-order valence-electron chi connectivity index (χ4n) is 1.44. The van der Waals surface area contributed by atoms with Gasteiger partial charge in [-0.15, -0.1) is 0 Å². The number of rotatable bonds is 2. The molecule has 18 heavy (non-hydrogen) atoms. The first kappa shape index (κ1) is 13.4. The number of phenolic OH excluding ortho intramolecular Hbond substituents is 1. The molecule has 0 bridgehead atoms. The number of hydrogen-bond donors (Lipinski definition) is 2. The molecule has 0 fully saturated rings. The molecule has 2 aromatic rings. The van der Waals surface area contributed by atoms with Crippen molar-refractivity contribution in [2.45, 2.75) is 0 Å². The van der Waals surface area contributed by atoms with E-state index in [0.717, 1.165) is 8.04 Å². The maximum atomic E-state index is 12.1. The standard InChI is InChI=1S/C13H9BrINO2/c14-10-6-5-8(15)7-9(10)13(18)16-11-3-1-2-4-12(11)17/h1-7,17H,(H,16,18). The molecule has 2 aromatic carbocycles. The number of benzene rings is 2. The van der Waals surface area contributed by atoms with Gasteiger partial charge in [-0.25, -0.2) is 0 Å². The minimum Gasteiger partial charge on any atom is -0.506 e. The van der Waals surface area contributed by atoms with Crippen LogP contribution in [0.3, 0.4) is 0 Å². The lowest BCUT2D eigenvalue weighted by molar-refractivity contribution is 0.102. The fourth-order valence-corrected chi connectivity index (χ4v) is 2.36. The molecule has 0 saturated heterocycles. The molecule has 0 heterocycles. The van der Waals surface area contributed by atoms with Crippen LogP contribution < -0.4 is 5.32 Å². The maximum Gasteiger partial charge on any atom is 0.256 e. The summed E-state index contributed by atoms with van der Waals surface area (Å²) in [5.41, 5.74) is 0.929. The number of aromatic hydroxyl groups is 1. The van der Waals surface area contributed by atoms with Crippen molar-refractivity contribution in [2.24, 2.45) is 0 Å². The summed E-state index contributed by atoms with van der Waals surface area (Å²) in [5, 5.41) is 12.3. The van der Waals surface area contributed by atoms with Crippen LogP contribution in [-0.2, 0) is 0 Å². The summed E-state index contributed by atoms with van der Waals surface area (Å²) in [6.07, 6.45) is 0. The van der Waals surface area contributed by atoms with Gasteiger partial charge in [0, 0.05) is 8.04 Å². The van der Waals surface area contributed by atoms with E-state index in [-0.39, 0.29) is 11.7 Å². The van der Waals surface area contributed by atoms with Gasteiger partial charge in [-0.05, 0) is 68.9 Å². The van der Waals surface area contributed by atoms with Crippen molar-refractivity contribution in [3.63, 3.8) is 0 Å². The summed E-state index contributed by atoms with van der Waals surface area (Å²) in [6.45, 7) is 0. The molecule has 0 aliphatic heterocycles. The Morgan fingerprint density at radius 1 is 1.22 bits per heavy atom. The lowest BCUT2D eigenvalue weighted by Crippen LogP contribution is -2.12. The van der Waals surface area contributed by atoms with E-state index in [0.29, 0.717) is 11.3 Å². The van der Waals surface area contributed by atoms with Crippen molar-refractivity contribution in [1.29, 1.82) is 0 Å². The number of carbonyl (C=O) groups is 1. The quantitative estimate of drug-likeness (QED) is 0.572. The average Bonchev–Trinajstić information content (AvgIpc) is 2.35. The van der Waals surface area contributed by atoms with Crippen LogP contribution in [0.15, 0.2) is 46.9 Å². The molecule has 0 aliphatic rings. The van der Waals surface area contributed by atoms with Gasteiger partial charge in [0.1, 0.15) is 5.75 Å². The monoisotopic (exact) mass is 417 g/mol. The van der Waals surface area contributed by atoms with Crippen molar-refractivity contribution >= 4 is 50.1 Å². The number of carbonyl (C=O) groups excluding carboxylic acids is 1. The van der Waals surface area contributed by atoms with Crippen LogP contribution in [0.5, 0.6) is 5.75 Å². The molecule has 5 heteroatoms. The second kappa shape index (κ2) is 5.71. The number of phenols is 1. The first-order chi connectivity index (χ1) is 8.58. The normalized spacial score (nSPS) is 10.1. The third kappa shape index (κ3) is 3.02. The third-order valence-corrected chi connectivity index (χ3v) is 3.69. The SMILES string of the molecule is O=C(Nc1ccccc1O)c1cc(I)ccc1Br. The van der Waals surface area contributed by atoms with Gasteiger partial charge in [0.05, 0.1) is 11.3 Å². The molecule has 0 radical (unpaired) electrons. The van der Waals surface area contributed by atoms with Crippen LogP contribution in [0.4, 0.5) is 5.69 Å². The number of nitrogens with one attached hydrogen (secondary N) is 1. The Morgan fingerprint density at radius 3 is 2.67 bits per heavy atom. The summed E-state index contributed by atoms with van der Waals surface area (Å²) in [6, 6.07) is 12.1. The molecule has 0 atom stereocenters. The number of anilines is 1. The Balaban J connectivity index is 2.28. The van der Waals surface area contributed by atoms with E-state index < -0.39 is 0 Å². The molecule has 2 N–H and O–H groups in total. The van der Waals surface area contributed by atoms with E-state index >= 15 is 0 Å².